The van der Waals surface area contributed by atoms with Crippen LogP contribution < -0.4 is 4.90 Å². The van der Waals surface area contributed by atoms with E-state index >= 15 is 0 Å². The van der Waals surface area contributed by atoms with Gasteiger partial charge in [0.1, 0.15) is 6.54 Å². The molecule has 0 saturated carbocycles. The van der Waals surface area contributed by atoms with Crippen molar-refractivity contribution in [1.29, 1.82) is 0 Å². The van der Waals surface area contributed by atoms with E-state index in [1.807, 2.05) is 41.6 Å². The molecule has 1 fully saturated rings. The number of rotatable bonds is 3. The van der Waals surface area contributed by atoms with Crippen LogP contribution in [0.15, 0.2) is 36.5 Å². The fourth-order valence-corrected chi connectivity index (χ4v) is 3.71. The van der Waals surface area contributed by atoms with Crippen LogP contribution in [0.1, 0.15) is 11.4 Å². The second kappa shape index (κ2) is 6.27. The zero-order chi connectivity index (χ0) is 17.4. The molecule has 1 aliphatic rings. The number of para-hydroxylation sites is 1. The van der Waals surface area contributed by atoms with Gasteiger partial charge < -0.3 is 14.4 Å². The molecule has 0 spiro atoms. The van der Waals surface area contributed by atoms with Gasteiger partial charge >= 0.3 is 0 Å². The molecule has 0 atom stereocenters. The Morgan fingerprint density at radius 2 is 1.88 bits per heavy atom. The predicted octanol–water partition coefficient (Wildman–Crippen LogP) is 2.33. The molecule has 1 amide bonds. The Hall–Kier alpha value is -2.76. The number of nitrogens with one attached hydrogen (secondary N) is 1. The van der Waals surface area contributed by atoms with Gasteiger partial charge in [-0.3, -0.25) is 9.89 Å². The van der Waals surface area contributed by atoms with Gasteiger partial charge in [0.05, 0.1) is 17.1 Å². The summed E-state index contributed by atoms with van der Waals surface area (Å²) in [5.41, 5.74) is 4.41. The number of hydrogen-bond acceptors (Lipinski definition) is 3. The van der Waals surface area contributed by atoms with Crippen molar-refractivity contribution in [1.82, 2.24) is 19.7 Å². The van der Waals surface area contributed by atoms with Gasteiger partial charge in [0, 0.05) is 37.9 Å². The summed E-state index contributed by atoms with van der Waals surface area (Å²) < 4.78 is 2.04. The molecule has 3 heterocycles. The van der Waals surface area contributed by atoms with Crippen molar-refractivity contribution < 1.29 is 4.79 Å². The molecule has 6 nitrogen and oxygen atoms in total. The molecule has 0 unspecified atom stereocenters. The number of fused-ring (bicyclic) bond motifs is 1. The first kappa shape index (κ1) is 15.7. The van der Waals surface area contributed by atoms with Gasteiger partial charge in [-0.25, -0.2) is 0 Å². The van der Waals surface area contributed by atoms with E-state index in [0.717, 1.165) is 43.1 Å². The van der Waals surface area contributed by atoms with Gasteiger partial charge in [-0.1, -0.05) is 18.2 Å². The first-order valence-corrected chi connectivity index (χ1v) is 8.71. The summed E-state index contributed by atoms with van der Waals surface area (Å²) >= 11 is 0. The molecule has 1 N–H and O–H groups in total. The summed E-state index contributed by atoms with van der Waals surface area (Å²) in [5.74, 6) is 0.182. The van der Waals surface area contributed by atoms with E-state index in [0.29, 0.717) is 6.54 Å². The van der Waals surface area contributed by atoms with E-state index in [4.69, 9.17) is 0 Å². The minimum Gasteiger partial charge on any atom is -0.365 e. The van der Waals surface area contributed by atoms with Crippen LogP contribution in [0.5, 0.6) is 0 Å². The first-order valence-electron chi connectivity index (χ1n) is 8.71. The lowest BCUT2D eigenvalue weighted by Crippen LogP contribution is -2.49. The number of carbonyl (C=O) groups is 1. The van der Waals surface area contributed by atoms with Crippen molar-refractivity contribution in [2.24, 2.45) is 0 Å². The van der Waals surface area contributed by atoms with Crippen molar-refractivity contribution in [3.05, 3.63) is 47.9 Å². The predicted molar refractivity (Wildman–Crippen MR) is 98.8 cm³/mol. The van der Waals surface area contributed by atoms with Crippen molar-refractivity contribution in [3.8, 4) is 0 Å². The molecule has 6 heteroatoms. The standard InChI is InChI=1S/C19H23N5O/c1-14-19(15(2)21-20-14)23-11-9-22(10-12-23)18(25)13-24-8-7-16-5-3-4-6-17(16)24/h3-8H,9-13H2,1-2H3,(H,20,21). The number of carbonyl (C=O) groups excluding carboxylic acids is 1. The normalized spacial score (nSPS) is 15.1. The first-order chi connectivity index (χ1) is 12.1. The molecular weight excluding hydrogens is 314 g/mol. The Labute approximate surface area is 147 Å². The highest BCUT2D eigenvalue weighted by Gasteiger charge is 2.24. The second-order valence-corrected chi connectivity index (χ2v) is 6.65. The topological polar surface area (TPSA) is 57.2 Å². The molecule has 2 aromatic heterocycles. The summed E-state index contributed by atoms with van der Waals surface area (Å²) in [6, 6.07) is 10.2. The van der Waals surface area contributed by atoms with Gasteiger partial charge in [-0.2, -0.15) is 5.10 Å². The monoisotopic (exact) mass is 337 g/mol. The average Bonchev–Trinajstić information content (AvgIpc) is 3.19. The number of aromatic amines is 1. The van der Waals surface area contributed by atoms with Crippen molar-refractivity contribution >= 4 is 22.5 Å². The number of hydrogen-bond donors (Lipinski definition) is 1. The van der Waals surface area contributed by atoms with Crippen molar-refractivity contribution in [2.75, 3.05) is 31.1 Å². The van der Waals surface area contributed by atoms with Gasteiger partial charge in [-0.05, 0) is 31.4 Å². The number of piperazine rings is 1. The van der Waals surface area contributed by atoms with Crippen LogP contribution >= 0.6 is 0 Å². The highest BCUT2D eigenvalue weighted by atomic mass is 16.2. The number of benzene rings is 1. The number of aromatic nitrogens is 3. The fourth-order valence-electron chi connectivity index (χ4n) is 3.71. The van der Waals surface area contributed by atoms with Crippen molar-refractivity contribution in [3.63, 3.8) is 0 Å². The van der Waals surface area contributed by atoms with Crippen LogP contribution in [-0.2, 0) is 11.3 Å². The van der Waals surface area contributed by atoms with Gasteiger partial charge in [0.15, 0.2) is 0 Å². The molecule has 1 aromatic carbocycles. The maximum Gasteiger partial charge on any atom is 0.242 e. The third-order valence-corrected chi connectivity index (χ3v) is 5.02. The fraction of sp³-hybridized carbons (Fsp3) is 0.368. The van der Waals surface area contributed by atoms with Crippen LogP contribution in [0.3, 0.4) is 0 Å². The summed E-state index contributed by atoms with van der Waals surface area (Å²) in [7, 11) is 0. The lowest BCUT2D eigenvalue weighted by molar-refractivity contribution is -0.132. The maximum atomic E-state index is 12.7. The van der Waals surface area contributed by atoms with Crippen LogP contribution in [0.4, 0.5) is 5.69 Å². The molecule has 130 valence electrons. The average molecular weight is 337 g/mol. The molecule has 0 aliphatic carbocycles. The number of anilines is 1. The van der Waals surface area contributed by atoms with Crippen LogP contribution in [0.2, 0.25) is 0 Å². The van der Waals surface area contributed by atoms with E-state index in [1.54, 1.807) is 0 Å². The number of H-pyrrole nitrogens is 1. The van der Waals surface area contributed by atoms with E-state index in [1.165, 1.54) is 11.1 Å². The number of amides is 1. The smallest absolute Gasteiger partial charge is 0.242 e. The molecule has 1 aliphatic heterocycles. The van der Waals surface area contributed by atoms with E-state index in [9.17, 15) is 4.79 Å². The highest BCUT2D eigenvalue weighted by molar-refractivity contribution is 5.83. The van der Waals surface area contributed by atoms with E-state index < -0.39 is 0 Å². The molecule has 3 aromatic rings. The van der Waals surface area contributed by atoms with Gasteiger partial charge in [0.2, 0.25) is 5.91 Å². The third-order valence-electron chi connectivity index (χ3n) is 5.02. The quantitative estimate of drug-likeness (QED) is 0.798. The van der Waals surface area contributed by atoms with Crippen LogP contribution in [-0.4, -0.2) is 51.8 Å². The van der Waals surface area contributed by atoms with Crippen LogP contribution in [0.25, 0.3) is 10.9 Å². The van der Waals surface area contributed by atoms with Gasteiger partial charge in [0.25, 0.3) is 0 Å². The molecular formula is C19H23N5O. The SMILES string of the molecule is Cc1n[nH]c(C)c1N1CCN(C(=O)Cn2ccc3ccccc32)CC1. The minimum absolute atomic E-state index is 0.182. The third kappa shape index (κ3) is 2.88. The summed E-state index contributed by atoms with van der Waals surface area (Å²) in [4.78, 5) is 17.0. The summed E-state index contributed by atoms with van der Waals surface area (Å²) in [6.45, 7) is 7.66. The zero-order valence-corrected chi connectivity index (χ0v) is 14.7. The lowest BCUT2D eigenvalue weighted by atomic mass is 10.2. The summed E-state index contributed by atoms with van der Waals surface area (Å²) in [6.07, 6.45) is 2.00. The Morgan fingerprint density at radius 3 is 2.60 bits per heavy atom. The van der Waals surface area contributed by atoms with E-state index in [-0.39, 0.29) is 5.91 Å². The van der Waals surface area contributed by atoms with Crippen molar-refractivity contribution in [2.45, 2.75) is 20.4 Å². The Bertz CT molecular complexity index is 882. The molecule has 0 radical (unpaired) electrons. The molecule has 0 bridgehead atoms. The Morgan fingerprint density at radius 1 is 1.12 bits per heavy atom. The van der Waals surface area contributed by atoms with Gasteiger partial charge in [-0.15, -0.1) is 0 Å². The van der Waals surface area contributed by atoms with Crippen LogP contribution in [0, 0.1) is 13.8 Å². The second-order valence-electron chi connectivity index (χ2n) is 6.65. The number of nitrogens with zero attached hydrogens (tertiary/aromatic N) is 4. The lowest BCUT2D eigenvalue weighted by Gasteiger charge is -2.36. The highest BCUT2D eigenvalue weighted by Crippen LogP contribution is 2.23. The molecule has 1 saturated heterocycles. The maximum absolute atomic E-state index is 12.7. The number of aryl methyl sites for hydroxylation is 2. The summed E-state index contributed by atoms with van der Waals surface area (Å²) in [5, 5.41) is 8.49. The Balaban J connectivity index is 1.41. The minimum atomic E-state index is 0.182. The molecule has 4 rings (SSSR count). The molecule has 25 heavy (non-hydrogen) atoms. The van der Waals surface area contributed by atoms with E-state index in [2.05, 4.69) is 33.3 Å². The largest absolute Gasteiger partial charge is 0.365 e. The zero-order valence-electron chi connectivity index (χ0n) is 14.7. The Kier molecular flexibility index (Phi) is 3.95.